The van der Waals surface area contributed by atoms with E-state index < -0.39 is 150 Å². The topological polar surface area (TPSA) is 235 Å². The van der Waals surface area contributed by atoms with E-state index in [1.54, 1.807) is 28.3 Å². The Morgan fingerprint density at radius 1 is 0.680 bits per heavy atom. The van der Waals surface area contributed by atoms with Crippen molar-refractivity contribution in [1.29, 1.82) is 0 Å². The van der Waals surface area contributed by atoms with Crippen LogP contribution in [0.2, 0.25) is 0 Å². The number of hydrogen-bond donors (Lipinski definition) is 4. The summed E-state index contributed by atoms with van der Waals surface area (Å²) in [5, 5.41) is 47.3. The van der Waals surface area contributed by atoms with Crippen LogP contribution in [0.5, 0.6) is 0 Å². The Morgan fingerprint density at radius 2 is 1.21 bits per heavy atom. The van der Waals surface area contributed by atoms with Crippen molar-refractivity contribution in [3.63, 3.8) is 0 Å². The molecule has 0 aromatic rings. The largest absolute Gasteiger partial charge is 0.458 e. The van der Waals surface area contributed by atoms with Gasteiger partial charge in [0.05, 0.1) is 48.8 Å². The van der Waals surface area contributed by atoms with Crippen LogP contribution in [-0.2, 0) is 71.2 Å². The van der Waals surface area contributed by atoms with Gasteiger partial charge in [-0.25, -0.2) is 4.79 Å². The molecule has 4 saturated heterocycles. The lowest BCUT2D eigenvalue weighted by molar-refractivity contribution is -0.355. The summed E-state index contributed by atoms with van der Waals surface area (Å²) in [7, 11) is 6.28. The second kappa shape index (κ2) is 23.2. The normalized spacial score (nSPS) is 49.3. The molecule has 0 radical (unpaired) electrons. The quantitative estimate of drug-likeness (QED) is 0.0906. The standard InChI is InChI=1S/C56H90O19/c1-27(2)28(3)21-42(58)72-41-26-40-53(9)18-16-35(22-34(53)15-19-55(40,61)56(62)20-17-36(29(4)57)54(41,56)10)71-43-23-37(63-11)48(31(6)67-43)73-44-24-38(64-12)49(32(7)68-44)74-45-25-39(65-13)50(33(8)69-45)75-52-47(60)51(66-14)46(59)30(5)70-52/h15,21,27,30-33,35-41,43-52,59-62H,16-20,22-26H2,1-14H3. The van der Waals surface area contributed by atoms with Gasteiger partial charge in [-0.05, 0) is 97.8 Å². The third-order valence-corrected chi connectivity index (χ3v) is 19.5. The fourth-order valence-corrected chi connectivity index (χ4v) is 14.7. The average molecular weight is 1070 g/mol. The van der Waals surface area contributed by atoms with E-state index in [-0.39, 0.29) is 30.6 Å². The number of carbonyl (C=O) groups is 2. The number of aliphatic hydroxyl groups is 4. The van der Waals surface area contributed by atoms with E-state index in [0.717, 1.165) is 11.1 Å². The molecule has 4 N–H and O–H groups in total. The van der Waals surface area contributed by atoms with Gasteiger partial charge in [0.1, 0.15) is 59.7 Å². The van der Waals surface area contributed by atoms with Gasteiger partial charge in [0.2, 0.25) is 0 Å². The van der Waals surface area contributed by atoms with Crippen LogP contribution in [0.4, 0.5) is 0 Å². The van der Waals surface area contributed by atoms with Gasteiger partial charge in [-0.3, -0.25) is 4.79 Å². The Morgan fingerprint density at radius 3 is 1.72 bits per heavy atom. The second-order valence-electron chi connectivity index (χ2n) is 23.9. The van der Waals surface area contributed by atoms with Crippen molar-refractivity contribution >= 4 is 11.8 Å². The van der Waals surface area contributed by atoms with E-state index >= 15 is 0 Å². The van der Waals surface area contributed by atoms with Gasteiger partial charge < -0.3 is 82.0 Å². The molecule has 75 heavy (non-hydrogen) atoms. The molecular formula is C56H90O19. The number of esters is 1. The molecule has 4 aliphatic carbocycles. The van der Waals surface area contributed by atoms with E-state index in [2.05, 4.69) is 13.0 Å². The van der Waals surface area contributed by atoms with E-state index in [0.29, 0.717) is 51.4 Å². The van der Waals surface area contributed by atoms with E-state index in [1.165, 1.54) is 20.1 Å². The zero-order valence-electron chi connectivity index (χ0n) is 46.8. The van der Waals surface area contributed by atoms with Crippen molar-refractivity contribution in [2.45, 2.75) is 261 Å². The van der Waals surface area contributed by atoms with Crippen LogP contribution >= 0.6 is 0 Å². The molecule has 3 saturated carbocycles. The van der Waals surface area contributed by atoms with Crippen LogP contribution in [-0.4, -0.2) is 189 Å². The minimum Gasteiger partial charge on any atom is -0.458 e. The highest BCUT2D eigenvalue weighted by molar-refractivity contribution is 5.83. The van der Waals surface area contributed by atoms with E-state index in [1.807, 2.05) is 48.5 Å². The molecule has 19 heteroatoms. The summed E-state index contributed by atoms with van der Waals surface area (Å²) < 4.78 is 81.2. The molecule has 0 spiro atoms. The van der Waals surface area contributed by atoms with E-state index in [9.17, 15) is 30.0 Å². The predicted molar refractivity (Wildman–Crippen MR) is 269 cm³/mol. The maximum Gasteiger partial charge on any atom is 0.330 e. The molecular weight excluding hydrogens is 977 g/mol. The van der Waals surface area contributed by atoms with Gasteiger partial charge in [-0.1, -0.05) is 44.9 Å². The second-order valence-corrected chi connectivity index (χ2v) is 23.9. The smallest absolute Gasteiger partial charge is 0.330 e. The van der Waals surface area contributed by atoms with Crippen molar-refractivity contribution in [3.8, 4) is 0 Å². The number of hydrogen-bond acceptors (Lipinski definition) is 19. The summed E-state index contributed by atoms with van der Waals surface area (Å²) in [4.78, 5) is 26.8. The highest BCUT2D eigenvalue weighted by Crippen LogP contribution is 2.70. The molecule has 25 unspecified atom stereocenters. The highest BCUT2D eigenvalue weighted by Gasteiger charge is 2.77. The van der Waals surface area contributed by atoms with Gasteiger partial charge in [-0.2, -0.15) is 0 Å². The van der Waals surface area contributed by atoms with Gasteiger partial charge in [0.25, 0.3) is 0 Å². The van der Waals surface area contributed by atoms with Crippen molar-refractivity contribution in [1.82, 2.24) is 0 Å². The number of ketones is 1. The Kier molecular flexibility index (Phi) is 18.3. The molecule has 19 nitrogen and oxygen atoms in total. The van der Waals surface area contributed by atoms with E-state index in [4.69, 9.17) is 61.6 Å². The highest BCUT2D eigenvalue weighted by atomic mass is 16.8. The Labute approximate surface area is 443 Å². The minimum absolute atomic E-state index is 0.0787. The van der Waals surface area contributed by atoms with Gasteiger partial charge in [-0.15, -0.1) is 0 Å². The Bertz CT molecular complexity index is 2050. The summed E-state index contributed by atoms with van der Waals surface area (Å²) >= 11 is 0. The minimum atomic E-state index is -1.67. The third kappa shape index (κ3) is 10.9. The molecule has 0 bridgehead atoms. The van der Waals surface area contributed by atoms with Crippen LogP contribution in [0.15, 0.2) is 23.3 Å². The number of carbonyl (C=O) groups excluding carboxylic acids is 2. The van der Waals surface area contributed by atoms with Crippen LogP contribution < -0.4 is 0 Å². The molecule has 0 aromatic heterocycles. The fourth-order valence-electron chi connectivity index (χ4n) is 14.7. The molecule has 8 rings (SSSR count). The van der Waals surface area contributed by atoms with Crippen LogP contribution in [0.25, 0.3) is 0 Å². The number of Topliss-reactive ketones (excluding diaryl/α,β-unsaturated/α-hetero) is 1. The summed E-state index contributed by atoms with van der Waals surface area (Å²) in [5.41, 5.74) is -2.91. The summed E-state index contributed by atoms with van der Waals surface area (Å²) in [6.45, 7) is 18.8. The summed E-state index contributed by atoms with van der Waals surface area (Å²) in [5.74, 6) is -1.45. The maximum absolute atomic E-state index is 13.6. The maximum atomic E-state index is 13.6. The molecule has 428 valence electrons. The Hall–Kier alpha value is -2.02. The zero-order valence-corrected chi connectivity index (χ0v) is 46.8. The number of ether oxygens (including phenoxy) is 13. The van der Waals surface area contributed by atoms with Crippen molar-refractivity contribution in [3.05, 3.63) is 23.3 Å². The summed E-state index contributed by atoms with van der Waals surface area (Å²) in [6, 6.07) is 0. The van der Waals surface area contributed by atoms with Crippen LogP contribution in [0, 0.1) is 28.6 Å². The Balaban J connectivity index is 0.871. The molecule has 4 aliphatic heterocycles. The lowest BCUT2D eigenvalue weighted by Crippen LogP contribution is -2.75. The fraction of sp³-hybridized carbons (Fsp3) is 0.893. The third-order valence-electron chi connectivity index (χ3n) is 19.5. The first-order chi connectivity index (χ1) is 35.4. The monoisotopic (exact) mass is 1070 g/mol. The van der Waals surface area contributed by atoms with Crippen LogP contribution in [0.3, 0.4) is 0 Å². The number of rotatable bonds is 16. The first-order valence-corrected chi connectivity index (χ1v) is 27.6. The number of methoxy groups -OCH3 is 4. The van der Waals surface area contributed by atoms with Gasteiger partial charge in [0.15, 0.2) is 25.2 Å². The zero-order chi connectivity index (χ0) is 54.7. The van der Waals surface area contributed by atoms with Crippen LogP contribution in [0.1, 0.15) is 133 Å². The molecule has 7 fully saturated rings. The lowest BCUT2D eigenvalue weighted by Gasteiger charge is -2.66. The van der Waals surface area contributed by atoms with Gasteiger partial charge >= 0.3 is 5.97 Å². The summed E-state index contributed by atoms with van der Waals surface area (Å²) in [6.07, 6.45) is -4.45. The SMILES string of the molecule is COC1CC(OC2CCC3(C)C(=CCC4(O)C3CC(OC(=O)C=C(C)C(C)C)C3(C)C(C(C)=O)CCC43O)C2)OC(C)C1OC1CC(OC)C(OC2CC(OC)C(OC3OC(C)C(O)C(OC)C3O)C(C)O2)C(C)O1. The molecule has 25 atom stereocenters. The number of fused-ring (bicyclic) bond motifs is 5. The first-order valence-electron chi connectivity index (χ1n) is 27.6. The van der Waals surface area contributed by atoms with Crippen molar-refractivity contribution in [2.24, 2.45) is 28.6 Å². The van der Waals surface area contributed by atoms with Crippen molar-refractivity contribution < 1.29 is 91.6 Å². The number of allylic oxidation sites excluding steroid dienone is 1. The molecule has 8 aliphatic rings. The molecule has 0 amide bonds. The first kappa shape index (κ1) is 59.1. The lowest BCUT2D eigenvalue weighted by atomic mass is 9.43. The average Bonchev–Trinajstić information content (AvgIpc) is 3.67. The van der Waals surface area contributed by atoms with Gasteiger partial charge in [0, 0.05) is 71.0 Å². The molecule has 4 heterocycles. The predicted octanol–water partition coefficient (Wildman–Crippen LogP) is 4.98. The van der Waals surface area contributed by atoms with Crippen molar-refractivity contribution in [2.75, 3.05) is 28.4 Å². The molecule has 0 aromatic carbocycles. The number of aliphatic hydroxyl groups excluding tert-OH is 2.